The predicted molar refractivity (Wildman–Crippen MR) is 110 cm³/mol. The molecule has 0 aliphatic rings. The number of benzene rings is 2. The van der Waals surface area contributed by atoms with Gasteiger partial charge in [-0.25, -0.2) is 0 Å². The first kappa shape index (κ1) is 20.5. The topological polar surface area (TPSA) is 87.3 Å². The Kier molecular flexibility index (Phi) is 7.43. The minimum absolute atomic E-state index is 0.0543. The summed E-state index contributed by atoms with van der Waals surface area (Å²) in [4.78, 5) is 35.7. The van der Waals surface area contributed by atoms with Crippen LogP contribution in [0.1, 0.15) is 27.2 Å². The van der Waals surface area contributed by atoms with Crippen molar-refractivity contribution >= 4 is 46.5 Å². The van der Waals surface area contributed by atoms with Crippen LogP contribution in [0.2, 0.25) is 0 Å². The second-order valence-corrected chi connectivity index (χ2v) is 7.35. The molecule has 0 spiro atoms. The van der Waals surface area contributed by atoms with Crippen LogP contribution in [-0.4, -0.2) is 23.0 Å². The standard InChI is InChI=1S/C20H23N3O3S/c1-4-19(25)22-16-5-7-17(8-6-16)23-20(26)13(2)27-18-11-9-15(10-12-18)21-14(3)24/h5-13H,4H2,1-3H3,(H,21,24)(H,22,25)(H,23,26). The van der Waals surface area contributed by atoms with Gasteiger partial charge in [-0.05, 0) is 55.5 Å². The maximum absolute atomic E-state index is 12.4. The molecular weight excluding hydrogens is 362 g/mol. The van der Waals surface area contributed by atoms with E-state index >= 15 is 0 Å². The smallest absolute Gasteiger partial charge is 0.237 e. The molecule has 0 aromatic heterocycles. The molecule has 0 aliphatic carbocycles. The zero-order valence-corrected chi connectivity index (χ0v) is 16.4. The number of rotatable bonds is 7. The maximum Gasteiger partial charge on any atom is 0.237 e. The molecule has 2 aromatic carbocycles. The Balaban J connectivity index is 1.89. The van der Waals surface area contributed by atoms with Gasteiger partial charge in [-0.1, -0.05) is 6.92 Å². The third-order valence-electron chi connectivity index (χ3n) is 3.61. The molecule has 2 rings (SSSR count). The van der Waals surface area contributed by atoms with Crippen LogP contribution in [-0.2, 0) is 14.4 Å². The molecule has 6 nitrogen and oxygen atoms in total. The number of amides is 3. The van der Waals surface area contributed by atoms with Crippen molar-refractivity contribution < 1.29 is 14.4 Å². The highest BCUT2D eigenvalue weighted by Gasteiger charge is 2.14. The molecule has 0 saturated carbocycles. The van der Waals surface area contributed by atoms with Crippen LogP contribution >= 0.6 is 11.8 Å². The monoisotopic (exact) mass is 385 g/mol. The van der Waals surface area contributed by atoms with Crippen LogP contribution < -0.4 is 16.0 Å². The first-order chi connectivity index (χ1) is 12.9. The summed E-state index contributed by atoms with van der Waals surface area (Å²) >= 11 is 1.43. The van der Waals surface area contributed by atoms with E-state index < -0.39 is 0 Å². The van der Waals surface area contributed by atoms with Crippen LogP contribution in [0.5, 0.6) is 0 Å². The zero-order valence-electron chi connectivity index (χ0n) is 15.5. The van der Waals surface area contributed by atoms with Crippen molar-refractivity contribution in [2.24, 2.45) is 0 Å². The fourth-order valence-electron chi connectivity index (χ4n) is 2.21. The second kappa shape index (κ2) is 9.78. The van der Waals surface area contributed by atoms with Crippen molar-refractivity contribution in [1.29, 1.82) is 0 Å². The van der Waals surface area contributed by atoms with Gasteiger partial charge in [-0.15, -0.1) is 11.8 Å². The molecule has 0 aliphatic heterocycles. The average molecular weight is 385 g/mol. The van der Waals surface area contributed by atoms with E-state index in [0.29, 0.717) is 17.8 Å². The van der Waals surface area contributed by atoms with Gasteiger partial charge in [0.2, 0.25) is 17.7 Å². The van der Waals surface area contributed by atoms with Gasteiger partial charge in [0, 0.05) is 35.3 Å². The number of carbonyl (C=O) groups excluding carboxylic acids is 3. The quantitative estimate of drug-likeness (QED) is 0.626. The van der Waals surface area contributed by atoms with Gasteiger partial charge in [-0.2, -0.15) is 0 Å². The number of nitrogens with one attached hydrogen (secondary N) is 3. The SMILES string of the molecule is CCC(=O)Nc1ccc(NC(=O)C(C)Sc2ccc(NC(C)=O)cc2)cc1. The largest absolute Gasteiger partial charge is 0.326 e. The highest BCUT2D eigenvalue weighted by atomic mass is 32.2. The molecule has 1 unspecified atom stereocenters. The Hall–Kier alpha value is -2.80. The van der Waals surface area contributed by atoms with Gasteiger partial charge in [0.25, 0.3) is 0 Å². The van der Waals surface area contributed by atoms with Crippen LogP contribution in [0.3, 0.4) is 0 Å². The molecule has 27 heavy (non-hydrogen) atoms. The molecule has 142 valence electrons. The van der Waals surface area contributed by atoms with Crippen molar-refractivity contribution in [3.05, 3.63) is 48.5 Å². The Morgan fingerprint density at radius 1 is 0.852 bits per heavy atom. The van der Waals surface area contributed by atoms with Gasteiger partial charge < -0.3 is 16.0 Å². The van der Waals surface area contributed by atoms with Gasteiger partial charge in [-0.3, -0.25) is 14.4 Å². The molecule has 0 bridgehead atoms. The van der Waals surface area contributed by atoms with Crippen molar-refractivity contribution in [3.63, 3.8) is 0 Å². The number of carbonyl (C=O) groups is 3. The van der Waals surface area contributed by atoms with Gasteiger partial charge >= 0.3 is 0 Å². The van der Waals surface area contributed by atoms with E-state index in [0.717, 1.165) is 10.6 Å². The van der Waals surface area contributed by atoms with Crippen LogP contribution in [0.4, 0.5) is 17.1 Å². The van der Waals surface area contributed by atoms with E-state index in [9.17, 15) is 14.4 Å². The third-order valence-corrected chi connectivity index (χ3v) is 4.73. The van der Waals surface area contributed by atoms with E-state index in [4.69, 9.17) is 0 Å². The normalized spacial score (nSPS) is 11.4. The minimum atomic E-state index is -0.295. The molecule has 0 saturated heterocycles. The highest BCUT2D eigenvalue weighted by molar-refractivity contribution is 8.00. The lowest BCUT2D eigenvalue weighted by atomic mass is 10.2. The second-order valence-electron chi connectivity index (χ2n) is 5.93. The van der Waals surface area contributed by atoms with Crippen LogP contribution in [0.25, 0.3) is 0 Å². The van der Waals surface area contributed by atoms with Crippen molar-refractivity contribution in [2.45, 2.75) is 37.3 Å². The van der Waals surface area contributed by atoms with Gasteiger partial charge in [0.1, 0.15) is 0 Å². The summed E-state index contributed by atoms with van der Waals surface area (Å²) in [6.07, 6.45) is 0.416. The molecule has 3 amide bonds. The highest BCUT2D eigenvalue weighted by Crippen LogP contribution is 2.26. The first-order valence-corrected chi connectivity index (χ1v) is 9.50. The Morgan fingerprint density at radius 2 is 1.33 bits per heavy atom. The number of thioether (sulfide) groups is 1. The lowest BCUT2D eigenvalue weighted by Gasteiger charge is -2.13. The molecule has 2 aromatic rings. The summed E-state index contributed by atoms with van der Waals surface area (Å²) in [5, 5.41) is 8.04. The summed E-state index contributed by atoms with van der Waals surface area (Å²) in [5.41, 5.74) is 2.09. The molecular formula is C20H23N3O3S. The van der Waals surface area contributed by atoms with E-state index in [1.54, 1.807) is 43.3 Å². The summed E-state index contributed by atoms with van der Waals surface area (Å²) in [6.45, 7) is 5.08. The number of hydrogen-bond acceptors (Lipinski definition) is 4. The first-order valence-electron chi connectivity index (χ1n) is 8.62. The average Bonchev–Trinajstić information content (AvgIpc) is 2.64. The molecule has 7 heteroatoms. The summed E-state index contributed by atoms with van der Waals surface area (Å²) in [5.74, 6) is -0.291. The Labute approximate surface area is 163 Å². The van der Waals surface area contributed by atoms with E-state index in [2.05, 4.69) is 16.0 Å². The Bertz CT molecular complexity index is 804. The molecule has 0 heterocycles. The van der Waals surface area contributed by atoms with E-state index in [1.165, 1.54) is 18.7 Å². The summed E-state index contributed by atoms with van der Waals surface area (Å²) < 4.78 is 0. The van der Waals surface area contributed by atoms with Crippen LogP contribution in [0, 0.1) is 0 Å². The molecule has 0 radical (unpaired) electrons. The van der Waals surface area contributed by atoms with Gasteiger partial charge in [0.05, 0.1) is 5.25 Å². The van der Waals surface area contributed by atoms with E-state index in [1.807, 2.05) is 19.1 Å². The minimum Gasteiger partial charge on any atom is -0.326 e. The molecule has 1 atom stereocenters. The van der Waals surface area contributed by atoms with Gasteiger partial charge in [0.15, 0.2) is 0 Å². The van der Waals surface area contributed by atoms with Crippen molar-refractivity contribution in [2.75, 3.05) is 16.0 Å². The number of anilines is 3. The maximum atomic E-state index is 12.4. The molecule has 0 fully saturated rings. The van der Waals surface area contributed by atoms with E-state index in [-0.39, 0.29) is 23.0 Å². The lowest BCUT2D eigenvalue weighted by Crippen LogP contribution is -2.22. The number of hydrogen-bond donors (Lipinski definition) is 3. The summed E-state index contributed by atoms with van der Waals surface area (Å²) in [6, 6.07) is 14.3. The lowest BCUT2D eigenvalue weighted by molar-refractivity contribution is -0.116. The van der Waals surface area contributed by atoms with Crippen LogP contribution in [0.15, 0.2) is 53.4 Å². The molecule has 3 N–H and O–H groups in total. The Morgan fingerprint density at radius 3 is 1.85 bits per heavy atom. The third kappa shape index (κ3) is 6.79. The predicted octanol–water partition coefficient (Wildman–Crippen LogP) is 4.11. The van der Waals surface area contributed by atoms with Crippen molar-refractivity contribution in [3.8, 4) is 0 Å². The fraction of sp³-hybridized carbons (Fsp3) is 0.250. The van der Waals surface area contributed by atoms with Crippen molar-refractivity contribution in [1.82, 2.24) is 0 Å². The fourth-order valence-corrected chi connectivity index (χ4v) is 3.08. The summed E-state index contributed by atoms with van der Waals surface area (Å²) in [7, 11) is 0. The zero-order chi connectivity index (χ0) is 19.8.